The summed E-state index contributed by atoms with van der Waals surface area (Å²) in [6, 6.07) is 1.75. The Balaban J connectivity index is 3.35. The average Bonchev–Trinajstić information content (AvgIpc) is 2.03. The van der Waals surface area contributed by atoms with Crippen LogP contribution in [0.15, 0.2) is 12.3 Å². The SMILES string of the molecule is N#Cc1ncc(O)cc1C(F)(F)F. The van der Waals surface area contributed by atoms with E-state index in [1.165, 1.54) is 6.07 Å². The van der Waals surface area contributed by atoms with Crippen molar-refractivity contribution in [3.63, 3.8) is 0 Å². The normalized spacial score (nSPS) is 10.9. The van der Waals surface area contributed by atoms with E-state index in [9.17, 15) is 13.2 Å². The minimum absolute atomic E-state index is 0.464. The predicted octanol–water partition coefficient (Wildman–Crippen LogP) is 1.68. The number of pyridine rings is 1. The number of hydrogen-bond donors (Lipinski definition) is 1. The van der Waals surface area contributed by atoms with Crippen molar-refractivity contribution >= 4 is 0 Å². The first kappa shape index (κ1) is 9.32. The number of nitriles is 1. The zero-order valence-corrected chi connectivity index (χ0v) is 6.13. The van der Waals surface area contributed by atoms with E-state index in [1.54, 1.807) is 0 Å². The molecule has 0 fully saturated rings. The maximum Gasteiger partial charge on any atom is 0.419 e. The second-order valence-corrected chi connectivity index (χ2v) is 2.20. The molecule has 0 aliphatic rings. The van der Waals surface area contributed by atoms with Crippen LogP contribution in [0.4, 0.5) is 13.2 Å². The molecule has 0 unspecified atom stereocenters. The molecule has 1 rings (SSSR count). The van der Waals surface area contributed by atoms with Crippen LogP contribution in [0.1, 0.15) is 11.3 Å². The minimum Gasteiger partial charge on any atom is -0.506 e. The third kappa shape index (κ3) is 1.87. The van der Waals surface area contributed by atoms with Crippen LogP contribution in [0.5, 0.6) is 5.75 Å². The quantitative estimate of drug-likeness (QED) is 0.673. The lowest BCUT2D eigenvalue weighted by Gasteiger charge is -2.07. The topological polar surface area (TPSA) is 56.9 Å². The lowest BCUT2D eigenvalue weighted by Crippen LogP contribution is -2.08. The molecule has 1 heterocycles. The third-order valence-corrected chi connectivity index (χ3v) is 1.28. The highest BCUT2D eigenvalue weighted by Crippen LogP contribution is 2.32. The summed E-state index contributed by atoms with van der Waals surface area (Å²) in [6.07, 6.45) is -3.88. The van der Waals surface area contributed by atoms with Gasteiger partial charge in [-0.1, -0.05) is 0 Å². The second kappa shape index (κ2) is 2.94. The lowest BCUT2D eigenvalue weighted by atomic mass is 10.2. The van der Waals surface area contributed by atoms with Crippen LogP contribution in [-0.4, -0.2) is 10.1 Å². The van der Waals surface area contributed by atoms with Gasteiger partial charge in [-0.25, -0.2) is 4.98 Å². The number of nitrogens with zero attached hydrogens (tertiary/aromatic N) is 2. The first-order chi connectivity index (χ1) is 5.95. The molecule has 0 bridgehead atoms. The fourth-order valence-electron chi connectivity index (χ4n) is 0.759. The van der Waals surface area contributed by atoms with Crippen molar-refractivity contribution in [3.8, 4) is 11.8 Å². The summed E-state index contributed by atoms with van der Waals surface area (Å²) in [4.78, 5) is 3.13. The zero-order valence-electron chi connectivity index (χ0n) is 6.13. The maximum atomic E-state index is 12.1. The lowest BCUT2D eigenvalue weighted by molar-refractivity contribution is -0.138. The van der Waals surface area contributed by atoms with E-state index in [1.807, 2.05) is 0 Å². The van der Waals surface area contributed by atoms with Gasteiger partial charge in [-0.3, -0.25) is 0 Å². The van der Waals surface area contributed by atoms with Crippen molar-refractivity contribution in [2.45, 2.75) is 6.18 Å². The van der Waals surface area contributed by atoms with Crippen molar-refractivity contribution in [2.24, 2.45) is 0 Å². The monoisotopic (exact) mass is 188 g/mol. The highest BCUT2D eigenvalue weighted by molar-refractivity contribution is 5.37. The van der Waals surface area contributed by atoms with Crippen molar-refractivity contribution in [1.29, 1.82) is 5.26 Å². The Morgan fingerprint density at radius 2 is 2.08 bits per heavy atom. The zero-order chi connectivity index (χ0) is 10.1. The Bertz CT molecular complexity index is 367. The molecule has 0 saturated carbocycles. The first-order valence-electron chi connectivity index (χ1n) is 3.11. The van der Waals surface area contributed by atoms with Gasteiger partial charge in [-0.15, -0.1) is 0 Å². The summed E-state index contributed by atoms with van der Waals surface area (Å²) in [5.41, 5.74) is -1.97. The van der Waals surface area contributed by atoms with Crippen LogP contribution >= 0.6 is 0 Å². The van der Waals surface area contributed by atoms with E-state index in [0.717, 1.165) is 6.20 Å². The second-order valence-electron chi connectivity index (χ2n) is 2.20. The molecule has 0 aromatic carbocycles. The minimum atomic E-state index is -4.67. The highest BCUT2D eigenvalue weighted by Gasteiger charge is 2.34. The third-order valence-electron chi connectivity index (χ3n) is 1.28. The van der Waals surface area contributed by atoms with Crippen molar-refractivity contribution < 1.29 is 18.3 Å². The number of hydrogen-bond acceptors (Lipinski definition) is 3. The molecule has 0 radical (unpaired) electrons. The number of halogens is 3. The molecular formula is C7H3F3N2O. The average molecular weight is 188 g/mol. The smallest absolute Gasteiger partial charge is 0.419 e. The number of aromatic hydroxyl groups is 1. The number of alkyl halides is 3. The van der Waals surface area contributed by atoms with Gasteiger partial charge in [0.05, 0.1) is 11.8 Å². The molecule has 3 nitrogen and oxygen atoms in total. The fraction of sp³-hybridized carbons (Fsp3) is 0.143. The molecule has 0 aliphatic carbocycles. The van der Waals surface area contributed by atoms with Gasteiger partial charge in [-0.05, 0) is 6.07 Å². The van der Waals surface area contributed by atoms with Crippen LogP contribution in [0, 0.1) is 11.3 Å². The summed E-state index contributed by atoms with van der Waals surface area (Å²) in [6.45, 7) is 0. The molecule has 6 heteroatoms. The largest absolute Gasteiger partial charge is 0.506 e. The molecule has 13 heavy (non-hydrogen) atoms. The molecule has 1 N–H and O–H groups in total. The number of aromatic nitrogens is 1. The molecule has 0 atom stereocenters. The predicted molar refractivity (Wildman–Crippen MR) is 35.6 cm³/mol. The van der Waals surface area contributed by atoms with E-state index in [2.05, 4.69) is 4.98 Å². The fourth-order valence-corrected chi connectivity index (χ4v) is 0.759. The maximum absolute atomic E-state index is 12.1. The Labute approximate surface area is 71.1 Å². The molecular weight excluding hydrogens is 185 g/mol. The summed E-state index contributed by atoms with van der Waals surface area (Å²) in [5.74, 6) is -0.619. The Morgan fingerprint density at radius 1 is 1.46 bits per heavy atom. The van der Waals surface area contributed by atoms with Crippen molar-refractivity contribution in [1.82, 2.24) is 4.98 Å². The van der Waals surface area contributed by atoms with Gasteiger partial charge >= 0.3 is 6.18 Å². The van der Waals surface area contributed by atoms with E-state index in [-0.39, 0.29) is 0 Å². The molecule has 0 amide bonds. The summed E-state index contributed by atoms with van der Waals surface area (Å²) >= 11 is 0. The Hall–Kier alpha value is -1.77. The van der Waals surface area contributed by atoms with Crippen LogP contribution in [0.25, 0.3) is 0 Å². The van der Waals surface area contributed by atoms with Gasteiger partial charge < -0.3 is 5.11 Å². The molecule has 68 valence electrons. The van der Waals surface area contributed by atoms with E-state index in [4.69, 9.17) is 10.4 Å². The van der Waals surface area contributed by atoms with Crippen molar-refractivity contribution in [2.75, 3.05) is 0 Å². The highest BCUT2D eigenvalue weighted by atomic mass is 19.4. The van der Waals surface area contributed by atoms with E-state index < -0.39 is 23.2 Å². The standard InChI is InChI=1S/C7H3F3N2O/c8-7(9,10)5-1-4(13)3-12-6(5)2-11/h1,3,13H. The van der Waals surface area contributed by atoms with Crippen LogP contribution < -0.4 is 0 Å². The molecule has 0 saturated heterocycles. The molecule has 0 aliphatic heterocycles. The van der Waals surface area contributed by atoms with Crippen LogP contribution in [-0.2, 0) is 6.18 Å². The van der Waals surface area contributed by atoms with Gasteiger partial charge in [0, 0.05) is 0 Å². The first-order valence-corrected chi connectivity index (χ1v) is 3.11. The van der Waals surface area contributed by atoms with E-state index >= 15 is 0 Å². The Morgan fingerprint density at radius 3 is 2.54 bits per heavy atom. The molecule has 1 aromatic rings. The van der Waals surface area contributed by atoms with Gasteiger partial charge in [0.1, 0.15) is 11.8 Å². The van der Waals surface area contributed by atoms with Crippen molar-refractivity contribution in [3.05, 3.63) is 23.5 Å². The summed E-state index contributed by atoms with van der Waals surface area (Å²) < 4.78 is 36.3. The van der Waals surface area contributed by atoms with Crippen LogP contribution in [0.2, 0.25) is 0 Å². The number of rotatable bonds is 0. The van der Waals surface area contributed by atoms with Gasteiger partial charge in [-0.2, -0.15) is 18.4 Å². The Kier molecular flexibility index (Phi) is 2.10. The van der Waals surface area contributed by atoms with Crippen LogP contribution in [0.3, 0.4) is 0 Å². The molecule has 0 spiro atoms. The van der Waals surface area contributed by atoms with E-state index in [0.29, 0.717) is 6.07 Å². The van der Waals surface area contributed by atoms with Gasteiger partial charge in [0.15, 0.2) is 5.69 Å². The summed E-state index contributed by atoms with van der Waals surface area (Å²) in [7, 11) is 0. The molecule has 1 aromatic heterocycles. The van der Waals surface area contributed by atoms with Gasteiger partial charge in [0.25, 0.3) is 0 Å². The summed E-state index contributed by atoms with van der Waals surface area (Å²) in [5, 5.41) is 17.0. The van der Waals surface area contributed by atoms with Gasteiger partial charge in [0.2, 0.25) is 0 Å².